The highest BCUT2D eigenvalue weighted by Gasteiger charge is 2.05. The van der Waals surface area contributed by atoms with Gasteiger partial charge in [0.05, 0.1) is 23.5 Å². The van der Waals surface area contributed by atoms with Crippen LogP contribution in [0.2, 0.25) is 5.02 Å². The van der Waals surface area contributed by atoms with Crippen LogP contribution in [0.25, 0.3) is 5.82 Å². The van der Waals surface area contributed by atoms with E-state index in [-0.39, 0.29) is 5.91 Å². The Balaban J connectivity index is 1.42. The minimum Gasteiger partial charge on any atom is -0.492 e. The number of hydrogen-bond donors (Lipinski definition) is 1. The van der Waals surface area contributed by atoms with Gasteiger partial charge in [0.25, 0.3) is 0 Å². The van der Waals surface area contributed by atoms with Crippen molar-refractivity contribution in [3.63, 3.8) is 0 Å². The van der Waals surface area contributed by atoms with E-state index in [4.69, 9.17) is 16.3 Å². The minimum atomic E-state index is -0.0957. The van der Waals surface area contributed by atoms with Gasteiger partial charge >= 0.3 is 0 Å². The van der Waals surface area contributed by atoms with Gasteiger partial charge in [-0.15, -0.1) is 10.2 Å². The van der Waals surface area contributed by atoms with E-state index in [1.165, 1.54) is 0 Å². The summed E-state index contributed by atoms with van der Waals surface area (Å²) in [5.41, 5.74) is 0.633. The van der Waals surface area contributed by atoms with Crippen molar-refractivity contribution in [2.24, 2.45) is 0 Å². The summed E-state index contributed by atoms with van der Waals surface area (Å²) in [6.45, 7) is 0.419. The van der Waals surface area contributed by atoms with Crippen LogP contribution in [0.3, 0.4) is 0 Å². The van der Waals surface area contributed by atoms with E-state index in [0.29, 0.717) is 41.7 Å². The molecule has 3 rings (SSSR count). The van der Waals surface area contributed by atoms with E-state index in [0.717, 1.165) is 0 Å². The summed E-state index contributed by atoms with van der Waals surface area (Å²) in [5.74, 6) is 1.20. The maximum atomic E-state index is 12.0. The second kappa shape index (κ2) is 8.25. The lowest BCUT2D eigenvalue weighted by Gasteiger charge is -2.08. The molecule has 0 aliphatic heterocycles. The van der Waals surface area contributed by atoms with Crippen molar-refractivity contribution in [2.45, 2.75) is 12.8 Å². The highest BCUT2D eigenvalue weighted by molar-refractivity contribution is 6.32. The number of nitrogens with one attached hydrogen (secondary N) is 1. The van der Waals surface area contributed by atoms with Gasteiger partial charge in [-0.2, -0.15) is 0 Å². The first kappa shape index (κ1) is 16.9. The summed E-state index contributed by atoms with van der Waals surface area (Å²) in [6, 6.07) is 10.8. The van der Waals surface area contributed by atoms with Crippen molar-refractivity contribution in [3.8, 4) is 11.6 Å². The van der Waals surface area contributed by atoms with E-state index >= 15 is 0 Å². The number of para-hydroxylation sites is 1. The number of amides is 1. The molecule has 0 fully saturated rings. The molecular weight excluding hydrogens is 342 g/mol. The molecule has 0 unspecified atom stereocenters. The summed E-state index contributed by atoms with van der Waals surface area (Å²) in [4.78, 5) is 16.2. The number of nitrogens with zero attached hydrogens (tertiary/aromatic N) is 4. The van der Waals surface area contributed by atoms with Crippen molar-refractivity contribution >= 4 is 23.2 Å². The molecule has 0 radical (unpaired) electrons. The number of benzene rings is 1. The maximum absolute atomic E-state index is 12.0. The largest absolute Gasteiger partial charge is 0.492 e. The summed E-state index contributed by atoms with van der Waals surface area (Å²) >= 11 is 6.00. The standard InChI is InChI=1S/C17H16ClN5O2/c18-14-4-1-2-5-15(14)25-9-3-6-17(24)22-13-7-8-16(19-10-13)23-11-20-21-12-23/h1-2,4-5,7-8,10-12H,3,6,9H2,(H,22,24). The monoisotopic (exact) mass is 357 g/mol. The number of halogens is 1. The number of carbonyl (C=O) groups excluding carboxylic acids is 1. The molecule has 0 saturated carbocycles. The minimum absolute atomic E-state index is 0.0957. The highest BCUT2D eigenvalue weighted by atomic mass is 35.5. The molecule has 1 aromatic carbocycles. The molecule has 0 saturated heterocycles. The number of ether oxygens (including phenoxy) is 1. The summed E-state index contributed by atoms with van der Waals surface area (Å²) in [6.07, 6.45) is 5.63. The third kappa shape index (κ3) is 4.77. The van der Waals surface area contributed by atoms with Crippen LogP contribution in [0.15, 0.2) is 55.2 Å². The van der Waals surface area contributed by atoms with Crippen molar-refractivity contribution in [1.29, 1.82) is 0 Å². The number of carbonyl (C=O) groups is 1. The number of aromatic nitrogens is 4. The number of rotatable bonds is 7. The normalized spacial score (nSPS) is 10.4. The van der Waals surface area contributed by atoms with Gasteiger partial charge in [-0.25, -0.2) is 4.98 Å². The predicted octanol–water partition coefficient (Wildman–Crippen LogP) is 3.11. The van der Waals surface area contributed by atoms with E-state index < -0.39 is 0 Å². The Morgan fingerprint density at radius 3 is 2.68 bits per heavy atom. The first-order valence-electron chi connectivity index (χ1n) is 7.70. The Bertz CT molecular complexity index is 821. The molecule has 1 amide bonds. The van der Waals surface area contributed by atoms with Crippen LogP contribution in [0, 0.1) is 0 Å². The average Bonchev–Trinajstić information content (AvgIpc) is 3.15. The lowest BCUT2D eigenvalue weighted by atomic mass is 10.3. The molecule has 0 atom stereocenters. The van der Waals surface area contributed by atoms with Gasteiger partial charge in [0.15, 0.2) is 0 Å². The van der Waals surface area contributed by atoms with E-state index in [9.17, 15) is 4.79 Å². The van der Waals surface area contributed by atoms with Crippen LogP contribution in [0.5, 0.6) is 5.75 Å². The lowest BCUT2D eigenvalue weighted by molar-refractivity contribution is -0.116. The zero-order chi connectivity index (χ0) is 17.5. The molecule has 8 heteroatoms. The molecular formula is C17H16ClN5O2. The summed E-state index contributed by atoms with van der Waals surface area (Å²) in [5, 5.41) is 10.8. The SMILES string of the molecule is O=C(CCCOc1ccccc1Cl)Nc1ccc(-n2cnnc2)nc1. The van der Waals surface area contributed by atoms with Gasteiger partial charge < -0.3 is 10.1 Å². The van der Waals surface area contributed by atoms with Crippen LogP contribution in [-0.4, -0.2) is 32.3 Å². The van der Waals surface area contributed by atoms with Crippen molar-refractivity contribution in [1.82, 2.24) is 19.7 Å². The Morgan fingerprint density at radius 1 is 1.16 bits per heavy atom. The van der Waals surface area contributed by atoms with Gasteiger partial charge in [-0.05, 0) is 30.7 Å². The maximum Gasteiger partial charge on any atom is 0.224 e. The first-order valence-corrected chi connectivity index (χ1v) is 8.08. The number of hydrogen-bond acceptors (Lipinski definition) is 5. The van der Waals surface area contributed by atoms with Crippen molar-refractivity contribution in [2.75, 3.05) is 11.9 Å². The number of anilines is 1. The van der Waals surface area contributed by atoms with Gasteiger partial charge in [0.2, 0.25) is 5.91 Å². The molecule has 2 heterocycles. The van der Waals surface area contributed by atoms with E-state index in [2.05, 4.69) is 20.5 Å². The van der Waals surface area contributed by atoms with Crippen LogP contribution in [0.4, 0.5) is 5.69 Å². The van der Waals surface area contributed by atoms with Gasteiger partial charge in [-0.3, -0.25) is 9.36 Å². The third-order valence-electron chi connectivity index (χ3n) is 3.36. The van der Waals surface area contributed by atoms with E-state index in [1.807, 2.05) is 12.1 Å². The molecule has 25 heavy (non-hydrogen) atoms. The summed E-state index contributed by atoms with van der Waals surface area (Å²) in [7, 11) is 0. The van der Waals surface area contributed by atoms with E-state index in [1.54, 1.807) is 47.7 Å². The average molecular weight is 358 g/mol. The van der Waals surface area contributed by atoms with Crippen molar-refractivity contribution < 1.29 is 9.53 Å². The zero-order valence-electron chi connectivity index (χ0n) is 13.3. The number of pyridine rings is 1. The topological polar surface area (TPSA) is 81.9 Å². The third-order valence-corrected chi connectivity index (χ3v) is 3.67. The van der Waals surface area contributed by atoms with Crippen LogP contribution in [-0.2, 0) is 4.79 Å². The van der Waals surface area contributed by atoms with Gasteiger partial charge in [0, 0.05) is 6.42 Å². The molecule has 0 aliphatic carbocycles. The second-order valence-electron chi connectivity index (χ2n) is 5.20. The molecule has 0 bridgehead atoms. The Morgan fingerprint density at radius 2 is 1.96 bits per heavy atom. The lowest BCUT2D eigenvalue weighted by Crippen LogP contribution is -2.13. The molecule has 1 N–H and O–H groups in total. The zero-order valence-corrected chi connectivity index (χ0v) is 14.1. The van der Waals surface area contributed by atoms with Gasteiger partial charge in [0.1, 0.15) is 24.2 Å². The fourth-order valence-electron chi connectivity index (χ4n) is 2.13. The second-order valence-corrected chi connectivity index (χ2v) is 5.61. The Hall–Kier alpha value is -2.93. The van der Waals surface area contributed by atoms with Crippen LogP contribution < -0.4 is 10.1 Å². The quantitative estimate of drug-likeness (QED) is 0.657. The molecule has 128 valence electrons. The summed E-state index contributed by atoms with van der Waals surface area (Å²) < 4.78 is 7.23. The van der Waals surface area contributed by atoms with Crippen LogP contribution in [0.1, 0.15) is 12.8 Å². The Labute approximate surface area is 149 Å². The van der Waals surface area contributed by atoms with Crippen molar-refractivity contribution in [3.05, 3.63) is 60.3 Å². The van der Waals surface area contributed by atoms with Gasteiger partial charge in [-0.1, -0.05) is 23.7 Å². The highest BCUT2D eigenvalue weighted by Crippen LogP contribution is 2.23. The Kier molecular flexibility index (Phi) is 5.58. The fourth-order valence-corrected chi connectivity index (χ4v) is 2.32. The molecule has 0 spiro atoms. The predicted molar refractivity (Wildman–Crippen MR) is 94.0 cm³/mol. The fraction of sp³-hybridized carbons (Fsp3) is 0.176. The molecule has 3 aromatic rings. The molecule has 2 aromatic heterocycles. The molecule has 0 aliphatic rings. The first-order chi connectivity index (χ1) is 12.2. The van der Waals surface area contributed by atoms with Crippen LogP contribution >= 0.6 is 11.6 Å². The smallest absolute Gasteiger partial charge is 0.224 e. The molecule has 7 nitrogen and oxygen atoms in total.